The second-order valence-electron chi connectivity index (χ2n) is 5.14. The molecule has 1 aromatic heterocycles. The molecule has 0 saturated heterocycles. The highest BCUT2D eigenvalue weighted by Crippen LogP contribution is 2.43. The van der Waals surface area contributed by atoms with Crippen molar-refractivity contribution in [3.05, 3.63) is 17.7 Å². The van der Waals surface area contributed by atoms with E-state index in [9.17, 15) is 0 Å². The minimum Gasteiger partial charge on any atom is -0.337 e. The van der Waals surface area contributed by atoms with E-state index in [1.165, 1.54) is 24.2 Å². The Morgan fingerprint density at radius 2 is 2.15 bits per heavy atom. The summed E-state index contributed by atoms with van der Waals surface area (Å²) in [5.74, 6) is 0.656. The number of hydrogen-bond acceptors (Lipinski definition) is 1. The van der Waals surface area contributed by atoms with Gasteiger partial charge in [-0.25, -0.2) is 4.98 Å². The van der Waals surface area contributed by atoms with Crippen LogP contribution in [0.3, 0.4) is 0 Å². The van der Waals surface area contributed by atoms with E-state index in [-0.39, 0.29) is 0 Å². The lowest BCUT2D eigenvalue weighted by Gasteiger charge is -2.25. The summed E-state index contributed by atoms with van der Waals surface area (Å²) in [6.45, 7) is 6.92. The fourth-order valence-electron chi connectivity index (χ4n) is 2.33. The molecule has 1 unspecified atom stereocenters. The van der Waals surface area contributed by atoms with Gasteiger partial charge in [-0.3, -0.25) is 0 Å². The number of fused-ring (bicyclic) bond motifs is 1. The summed E-state index contributed by atoms with van der Waals surface area (Å²) < 4.78 is 2.17. The normalized spacial score (nSPS) is 22.0. The number of imidazole rings is 1. The summed E-state index contributed by atoms with van der Waals surface area (Å²) in [5.41, 5.74) is 3.15. The van der Waals surface area contributed by atoms with Gasteiger partial charge in [0.2, 0.25) is 0 Å². The molecule has 0 bridgehead atoms. The van der Waals surface area contributed by atoms with E-state index in [2.05, 4.69) is 37.4 Å². The quantitative estimate of drug-likeness (QED) is 0.597. The van der Waals surface area contributed by atoms with Gasteiger partial charge < -0.3 is 4.57 Å². The van der Waals surface area contributed by atoms with Crippen molar-refractivity contribution in [3.8, 4) is 0 Å². The second-order valence-corrected chi connectivity index (χ2v) is 5.14. The smallest absolute Gasteiger partial charge is 0.0949 e. The molecule has 0 saturated carbocycles. The summed E-state index contributed by atoms with van der Waals surface area (Å²) in [7, 11) is 2.09. The molecule has 1 atom stereocenters. The molecule has 1 aromatic rings. The van der Waals surface area contributed by atoms with E-state index in [0.29, 0.717) is 11.3 Å². The zero-order valence-electron chi connectivity index (χ0n) is 8.96. The third-order valence-corrected chi connectivity index (χ3v) is 3.14. The Labute approximate surface area is 80.0 Å². The van der Waals surface area contributed by atoms with Crippen LogP contribution in [0.15, 0.2) is 6.33 Å². The average Bonchev–Trinajstić information content (AvgIpc) is 2.51. The van der Waals surface area contributed by atoms with Crippen molar-refractivity contribution in [3.63, 3.8) is 0 Å². The summed E-state index contributed by atoms with van der Waals surface area (Å²) in [6, 6.07) is 0. The molecule has 2 heteroatoms. The largest absolute Gasteiger partial charge is 0.337 e. The first kappa shape index (κ1) is 8.79. The Balaban J connectivity index is 2.39. The second kappa shape index (κ2) is 2.60. The summed E-state index contributed by atoms with van der Waals surface area (Å²) in [4.78, 5) is 4.51. The molecule has 0 N–H and O–H groups in total. The van der Waals surface area contributed by atoms with Gasteiger partial charge in [-0.1, -0.05) is 20.8 Å². The van der Waals surface area contributed by atoms with Crippen molar-refractivity contribution >= 4 is 0 Å². The van der Waals surface area contributed by atoms with Gasteiger partial charge in [0, 0.05) is 18.7 Å². The standard InChI is InChI=1S/C11H18N2/c1-11(2,3)8-5-6-9-10(8)12-7-13(9)4/h7-8H,5-6H2,1-4H3. The van der Waals surface area contributed by atoms with Crippen molar-refractivity contribution in [1.29, 1.82) is 0 Å². The molecule has 1 aliphatic rings. The summed E-state index contributed by atoms with van der Waals surface area (Å²) in [6.07, 6.45) is 4.42. The van der Waals surface area contributed by atoms with Gasteiger partial charge in [0.15, 0.2) is 0 Å². The molecule has 0 radical (unpaired) electrons. The lowest BCUT2D eigenvalue weighted by Crippen LogP contribution is -2.16. The van der Waals surface area contributed by atoms with Crippen molar-refractivity contribution in [2.24, 2.45) is 12.5 Å². The van der Waals surface area contributed by atoms with Gasteiger partial charge in [-0.15, -0.1) is 0 Å². The molecule has 0 aromatic carbocycles. The van der Waals surface area contributed by atoms with Crippen molar-refractivity contribution in [2.75, 3.05) is 0 Å². The highest BCUT2D eigenvalue weighted by molar-refractivity contribution is 5.25. The van der Waals surface area contributed by atoms with Gasteiger partial charge in [-0.05, 0) is 18.3 Å². The van der Waals surface area contributed by atoms with E-state index >= 15 is 0 Å². The van der Waals surface area contributed by atoms with Crippen LogP contribution in [0.4, 0.5) is 0 Å². The van der Waals surface area contributed by atoms with Gasteiger partial charge in [0.1, 0.15) is 0 Å². The van der Waals surface area contributed by atoms with Crippen LogP contribution in [0, 0.1) is 5.41 Å². The average molecular weight is 178 g/mol. The van der Waals surface area contributed by atoms with E-state index in [1.54, 1.807) is 0 Å². The Kier molecular flexibility index (Phi) is 1.76. The number of aromatic nitrogens is 2. The molecule has 0 spiro atoms. The van der Waals surface area contributed by atoms with Crippen molar-refractivity contribution in [1.82, 2.24) is 9.55 Å². The van der Waals surface area contributed by atoms with E-state index in [4.69, 9.17) is 0 Å². The minimum atomic E-state index is 0.361. The van der Waals surface area contributed by atoms with Crippen LogP contribution in [-0.2, 0) is 13.5 Å². The maximum absolute atomic E-state index is 4.51. The molecule has 0 aliphatic heterocycles. The van der Waals surface area contributed by atoms with E-state index in [1.807, 2.05) is 6.33 Å². The molecule has 13 heavy (non-hydrogen) atoms. The molecular formula is C11H18N2. The highest BCUT2D eigenvalue weighted by Gasteiger charge is 2.34. The molecule has 72 valence electrons. The first-order valence-electron chi connectivity index (χ1n) is 5.00. The molecule has 0 amide bonds. The molecule has 2 rings (SSSR count). The fourth-order valence-corrected chi connectivity index (χ4v) is 2.33. The maximum Gasteiger partial charge on any atom is 0.0949 e. The third-order valence-electron chi connectivity index (χ3n) is 3.14. The van der Waals surface area contributed by atoms with Gasteiger partial charge in [-0.2, -0.15) is 0 Å². The Morgan fingerprint density at radius 1 is 1.46 bits per heavy atom. The van der Waals surface area contributed by atoms with Gasteiger partial charge in [0.05, 0.1) is 12.0 Å². The molecule has 0 fully saturated rings. The predicted molar refractivity (Wildman–Crippen MR) is 53.7 cm³/mol. The fraction of sp³-hybridized carbons (Fsp3) is 0.727. The van der Waals surface area contributed by atoms with E-state index < -0.39 is 0 Å². The molecule has 1 heterocycles. The number of rotatable bonds is 0. The van der Waals surface area contributed by atoms with Gasteiger partial charge >= 0.3 is 0 Å². The topological polar surface area (TPSA) is 17.8 Å². The van der Waals surface area contributed by atoms with Crippen molar-refractivity contribution in [2.45, 2.75) is 39.5 Å². The number of nitrogens with zero attached hydrogens (tertiary/aromatic N) is 2. The Hall–Kier alpha value is -0.790. The van der Waals surface area contributed by atoms with Gasteiger partial charge in [0.25, 0.3) is 0 Å². The van der Waals surface area contributed by atoms with Crippen molar-refractivity contribution < 1.29 is 0 Å². The molecule has 2 nitrogen and oxygen atoms in total. The zero-order valence-corrected chi connectivity index (χ0v) is 8.96. The lowest BCUT2D eigenvalue weighted by molar-refractivity contribution is 0.314. The lowest BCUT2D eigenvalue weighted by atomic mass is 9.79. The van der Waals surface area contributed by atoms with Crippen LogP contribution in [0.2, 0.25) is 0 Å². The third kappa shape index (κ3) is 1.28. The summed E-state index contributed by atoms with van der Waals surface area (Å²) >= 11 is 0. The maximum atomic E-state index is 4.51. The van der Waals surface area contributed by atoms with Crippen LogP contribution in [-0.4, -0.2) is 9.55 Å². The monoisotopic (exact) mass is 178 g/mol. The zero-order chi connectivity index (χ0) is 9.64. The highest BCUT2D eigenvalue weighted by atomic mass is 15.0. The van der Waals surface area contributed by atoms with E-state index in [0.717, 1.165) is 0 Å². The van der Waals surface area contributed by atoms with Crippen LogP contribution in [0.5, 0.6) is 0 Å². The minimum absolute atomic E-state index is 0.361. The van der Waals surface area contributed by atoms with Crippen LogP contribution in [0.1, 0.15) is 44.5 Å². The van der Waals surface area contributed by atoms with Crippen LogP contribution in [0.25, 0.3) is 0 Å². The number of aryl methyl sites for hydroxylation is 1. The number of hydrogen-bond donors (Lipinski definition) is 0. The first-order valence-corrected chi connectivity index (χ1v) is 5.00. The Morgan fingerprint density at radius 3 is 2.77 bits per heavy atom. The molecular weight excluding hydrogens is 160 g/mol. The summed E-state index contributed by atoms with van der Waals surface area (Å²) in [5, 5.41) is 0. The predicted octanol–water partition coefficient (Wildman–Crippen LogP) is 2.50. The molecule has 1 aliphatic carbocycles. The first-order chi connectivity index (χ1) is 6.00. The SMILES string of the molecule is Cn1cnc2c1CCC2C(C)(C)C. The van der Waals surface area contributed by atoms with Crippen LogP contribution < -0.4 is 0 Å². The van der Waals surface area contributed by atoms with Crippen LogP contribution >= 0.6 is 0 Å². The Bertz CT molecular complexity index is 317.